The van der Waals surface area contributed by atoms with Gasteiger partial charge < -0.3 is 0 Å². The molecule has 0 spiro atoms. The summed E-state index contributed by atoms with van der Waals surface area (Å²) in [6, 6.07) is 0. The average molecular weight is 435 g/mol. The van der Waals surface area contributed by atoms with Gasteiger partial charge in [-0.15, -0.1) is 0 Å². The first kappa shape index (κ1) is 20.8. The van der Waals surface area contributed by atoms with Gasteiger partial charge in [-0.25, -0.2) is 9.97 Å². The smallest absolute Gasteiger partial charge is 0.199 e. The van der Waals surface area contributed by atoms with Gasteiger partial charge in [0.2, 0.25) is 0 Å². The first-order valence-corrected chi connectivity index (χ1v) is 13.1. The average Bonchev–Trinajstić information content (AvgIpc) is 3.34. The van der Waals surface area contributed by atoms with Crippen LogP contribution in [0.2, 0.25) is 0 Å². The topological polar surface area (TPSA) is 60.7 Å². The van der Waals surface area contributed by atoms with Gasteiger partial charge in [0.25, 0.3) is 0 Å². The van der Waals surface area contributed by atoms with Crippen molar-refractivity contribution >= 4 is 16.9 Å². The zero-order chi connectivity index (χ0) is 22.1. The number of carbonyl (C=O) groups excluding carboxylic acids is 1. The van der Waals surface area contributed by atoms with Gasteiger partial charge in [0.05, 0.1) is 12.7 Å². The fourth-order valence-electron chi connectivity index (χ4n) is 9.15. The van der Waals surface area contributed by atoms with E-state index < -0.39 is 0 Å². The molecular formula is C27H38N4O. The third-order valence-corrected chi connectivity index (χ3v) is 10.8. The Morgan fingerprint density at radius 1 is 1.00 bits per heavy atom. The number of rotatable bonds is 3. The minimum Gasteiger partial charge on any atom is -0.297 e. The Bertz CT molecular complexity index is 999. The van der Waals surface area contributed by atoms with E-state index in [1.54, 1.807) is 17.1 Å². The van der Waals surface area contributed by atoms with E-state index in [0.29, 0.717) is 23.4 Å². The van der Waals surface area contributed by atoms with Crippen molar-refractivity contribution in [2.75, 3.05) is 0 Å². The van der Waals surface area contributed by atoms with Crippen molar-refractivity contribution in [1.29, 1.82) is 0 Å². The number of hydrogen-bond donors (Lipinski definition) is 0. The van der Waals surface area contributed by atoms with Gasteiger partial charge >= 0.3 is 0 Å². The predicted molar refractivity (Wildman–Crippen MR) is 125 cm³/mol. The summed E-state index contributed by atoms with van der Waals surface area (Å²) in [5, 5.41) is 4.50. The molecule has 5 heteroatoms. The van der Waals surface area contributed by atoms with Crippen LogP contribution in [-0.4, -0.2) is 25.5 Å². The SMILES string of the molecule is CC1CCC2(C)C(CCC3C2CCC2(C)C(C(=O)Cn4cc5nccnc5n4)CCC32)C1. The lowest BCUT2D eigenvalue weighted by molar-refractivity contribution is -0.137. The fourth-order valence-corrected chi connectivity index (χ4v) is 9.15. The molecule has 0 bridgehead atoms. The number of ketones is 1. The van der Waals surface area contributed by atoms with Crippen LogP contribution in [0.25, 0.3) is 11.2 Å². The van der Waals surface area contributed by atoms with Crippen LogP contribution in [0.3, 0.4) is 0 Å². The molecule has 6 rings (SSSR count). The summed E-state index contributed by atoms with van der Waals surface area (Å²) in [6.45, 7) is 7.93. The van der Waals surface area contributed by atoms with Crippen molar-refractivity contribution in [1.82, 2.24) is 19.7 Å². The van der Waals surface area contributed by atoms with E-state index in [1.165, 1.54) is 51.4 Å². The lowest BCUT2D eigenvalue weighted by Crippen LogP contribution is -2.53. The van der Waals surface area contributed by atoms with Crippen LogP contribution < -0.4 is 0 Å². The normalized spacial score (nSPS) is 43.5. The maximum atomic E-state index is 13.5. The summed E-state index contributed by atoms with van der Waals surface area (Å²) >= 11 is 0. The molecule has 0 saturated heterocycles. The molecule has 2 aromatic rings. The minimum absolute atomic E-state index is 0.173. The van der Waals surface area contributed by atoms with Crippen LogP contribution in [0, 0.1) is 46.3 Å². The van der Waals surface area contributed by atoms with Gasteiger partial charge in [0.15, 0.2) is 11.4 Å². The fraction of sp³-hybridized carbons (Fsp3) is 0.778. The molecule has 4 saturated carbocycles. The zero-order valence-electron chi connectivity index (χ0n) is 20.0. The van der Waals surface area contributed by atoms with E-state index in [4.69, 9.17) is 0 Å². The van der Waals surface area contributed by atoms with Crippen LogP contribution in [-0.2, 0) is 11.3 Å². The molecule has 0 radical (unpaired) electrons. The standard InChI is InChI=1S/C27H38N4O/c1-17-8-10-26(2)18(14-17)4-5-19-20-6-7-22(27(20,3)11-9-21(19)26)24(32)16-31-15-23-25(30-31)29-13-12-28-23/h12-13,15,17-22H,4-11,14,16H2,1-3H3. The summed E-state index contributed by atoms with van der Waals surface area (Å²) in [4.78, 5) is 22.1. The second kappa shape index (κ2) is 7.36. The largest absolute Gasteiger partial charge is 0.297 e. The molecule has 0 N–H and O–H groups in total. The van der Waals surface area contributed by atoms with Crippen LogP contribution >= 0.6 is 0 Å². The Labute approximate surface area is 191 Å². The number of carbonyl (C=O) groups is 1. The number of fused-ring (bicyclic) bond motifs is 6. The number of aromatic nitrogens is 4. The summed E-state index contributed by atoms with van der Waals surface area (Å²) in [7, 11) is 0. The molecular weight excluding hydrogens is 396 g/mol. The van der Waals surface area contributed by atoms with Crippen molar-refractivity contribution in [3.63, 3.8) is 0 Å². The molecule has 5 nitrogen and oxygen atoms in total. The third kappa shape index (κ3) is 3.02. The molecule has 172 valence electrons. The van der Waals surface area contributed by atoms with E-state index >= 15 is 0 Å². The van der Waals surface area contributed by atoms with Crippen molar-refractivity contribution in [3.05, 3.63) is 18.6 Å². The molecule has 4 aliphatic rings. The number of Topliss-reactive ketones (excluding diaryl/α,β-unsaturated/α-hetero) is 1. The van der Waals surface area contributed by atoms with Crippen molar-refractivity contribution in [2.45, 2.75) is 85.1 Å². The second-order valence-electron chi connectivity index (χ2n) is 12.3. The third-order valence-electron chi connectivity index (χ3n) is 10.8. The Morgan fingerprint density at radius 3 is 2.62 bits per heavy atom. The van der Waals surface area contributed by atoms with E-state index in [9.17, 15) is 4.79 Å². The second-order valence-corrected chi connectivity index (χ2v) is 12.3. The number of hydrogen-bond acceptors (Lipinski definition) is 4. The summed E-state index contributed by atoms with van der Waals surface area (Å²) < 4.78 is 1.77. The van der Waals surface area contributed by atoms with E-state index in [-0.39, 0.29) is 11.3 Å². The van der Waals surface area contributed by atoms with Crippen LogP contribution in [0.1, 0.15) is 78.6 Å². The highest BCUT2D eigenvalue weighted by Crippen LogP contribution is 2.67. The van der Waals surface area contributed by atoms with E-state index in [0.717, 1.165) is 41.5 Å². The zero-order valence-corrected chi connectivity index (χ0v) is 20.0. The molecule has 0 amide bonds. The highest BCUT2D eigenvalue weighted by atomic mass is 16.1. The van der Waals surface area contributed by atoms with Crippen molar-refractivity contribution < 1.29 is 4.79 Å². The first-order valence-electron chi connectivity index (χ1n) is 13.1. The lowest BCUT2D eigenvalue weighted by Gasteiger charge is -2.61. The molecule has 4 aliphatic carbocycles. The summed E-state index contributed by atoms with van der Waals surface area (Å²) in [6.07, 6.45) is 17.2. The number of nitrogens with zero attached hydrogens (tertiary/aromatic N) is 4. The molecule has 8 atom stereocenters. The van der Waals surface area contributed by atoms with E-state index in [1.807, 2.05) is 6.20 Å². The van der Waals surface area contributed by atoms with Gasteiger partial charge in [-0.2, -0.15) is 5.10 Å². The molecule has 2 aromatic heterocycles. The quantitative estimate of drug-likeness (QED) is 0.622. The van der Waals surface area contributed by atoms with Crippen molar-refractivity contribution in [3.8, 4) is 0 Å². The molecule has 2 heterocycles. The maximum absolute atomic E-state index is 13.5. The van der Waals surface area contributed by atoms with Crippen molar-refractivity contribution in [2.24, 2.45) is 46.3 Å². The van der Waals surface area contributed by atoms with Gasteiger partial charge in [0, 0.05) is 18.3 Å². The summed E-state index contributed by atoms with van der Waals surface area (Å²) in [5.74, 6) is 4.85. The maximum Gasteiger partial charge on any atom is 0.199 e. The Hall–Kier alpha value is -1.78. The highest BCUT2D eigenvalue weighted by Gasteiger charge is 2.60. The lowest BCUT2D eigenvalue weighted by atomic mass is 9.44. The van der Waals surface area contributed by atoms with Crippen LogP contribution in [0.5, 0.6) is 0 Å². The molecule has 4 fully saturated rings. The molecule has 8 unspecified atom stereocenters. The van der Waals surface area contributed by atoms with Gasteiger partial charge in [-0.1, -0.05) is 27.2 Å². The summed E-state index contributed by atoms with van der Waals surface area (Å²) in [5.41, 5.74) is 2.12. The van der Waals surface area contributed by atoms with Crippen LogP contribution in [0.15, 0.2) is 18.6 Å². The van der Waals surface area contributed by atoms with Gasteiger partial charge in [-0.3, -0.25) is 9.48 Å². The minimum atomic E-state index is 0.173. The first-order chi connectivity index (χ1) is 15.4. The van der Waals surface area contributed by atoms with Gasteiger partial charge in [0.1, 0.15) is 5.52 Å². The Kier molecular flexibility index (Phi) is 4.79. The molecule has 0 aromatic carbocycles. The van der Waals surface area contributed by atoms with Crippen LogP contribution in [0.4, 0.5) is 0 Å². The molecule has 32 heavy (non-hydrogen) atoms. The molecule has 0 aliphatic heterocycles. The Morgan fingerprint density at radius 2 is 1.78 bits per heavy atom. The monoisotopic (exact) mass is 434 g/mol. The predicted octanol–water partition coefficient (Wildman–Crippen LogP) is 5.69. The Balaban J connectivity index is 1.21. The van der Waals surface area contributed by atoms with Gasteiger partial charge in [-0.05, 0) is 91.8 Å². The highest BCUT2D eigenvalue weighted by molar-refractivity contribution is 5.82. The van der Waals surface area contributed by atoms with E-state index in [2.05, 4.69) is 35.8 Å².